The van der Waals surface area contributed by atoms with E-state index < -0.39 is 12.1 Å². The van der Waals surface area contributed by atoms with E-state index in [1.807, 2.05) is 68.1 Å². The van der Waals surface area contributed by atoms with Crippen LogP contribution < -0.4 is 35.6 Å². The van der Waals surface area contributed by atoms with Crippen molar-refractivity contribution < 1.29 is 23.8 Å². The molecule has 0 saturated heterocycles. The highest BCUT2D eigenvalue weighted by Crippen LogP contribution is 2.50. The van der Waals surface area contributed by atoms with Crippen molar-refractivity contribution in [3.05, 3.63) is 76.1 Å². The van der Waals surface area contributed by atoms with Gasteiger partial charge in [-0.15, -0.1) is 0 Å². The Morgan fingerprint density at radius 1 is 0.956 bits per heavy atom. The summed E-state index contributed by atoms with van der Waals surface area (Å²) in [7, 11) is 6.62. The molecule has 0 unspecified atom stereocenters. The number of ether oxygens (including phenoxy) is 3. The summed E-state index contributed by atoms with van der Waals surface area (Å²) >= 11 is 0. The molecule has 1 aromatic heterocycles. The van der Waals surface area contributed by atoms with Crippen LogP contribution in [0.3, 0.4) is 0 Å². The third-order valence-electron chi connectivity index (χ3n) is 8.33. The Balaban J connectivity index is 1.58. The zero-order chi connectivity index (χ0) is 32.4. The van der Waals surface area contributed by atoms with E-state index in [-0.39, 0.29) is 28.8 Å². The standard InChI is InChI=1S/C35H40N4O6/c1-19(2)32(35(42)37-23-10-8-21-14-15-39(4)28(21)17-23)38-27-13-11-24-25(18-29(27)41)26(36-20(3)40)12-9-22-16-30(43-5)33(44-6)34(45-7)31(22)24/h8,10-11,13-19,26,32H,9,12H2,1-7H3,(H,36,40)(H,37,42)(H,38,41)/t26-,32-/m0/s1. The van der Waals surface area contributed by atoms with Crippen molar-refractivity contribution in [1.82, 2.24) is 9.88 Å². The van der Waals surface area contributed by atoms with E-state index in [9.17, 15) is 14.4 Å². The highest BCUT2D eigenvalue weighted by Gasteiger charge is 2.30. The molecular weight excluding hydrogens is 572 g/mol. The van der Waals surface area contributed by atoms with E-state index in [0.29, 0.717) is 46.9 Å². The smallest absolute Gasteiger partial charge is 0.247 e. The lowest BCUT2D eigenvalue weighted by Gasteiger charge is -2.22. The average molecular weight is 613 g/mol. The zero-order valence-electron chi connectivity index (χ0n) is 26.7. The Labute approximate surface area is 262 Å². The van der Waals surface area contributed by atoms with Crippen LogP contribution in [0.5, 0.6) is 17.2 Å². The van der Waals surface area contributed by atoms with Gasteiger partial charge < -0.3 is 34.7 Å². The van der Waals surface area contributed by atoms with Crippen LogP contribution in [-0.4, -0.2) is 43.8 Å². The predicted octanol–water partition coefficient (Wildman–Crippen LogP) is 5.43. The van der Waals surface area contributed by atoms with Crippen LogP contribution in [0.15, 0.2) is 59.5 Å². The maximum atomic E-state index is 13.8. The molecule has 1 aliphatic carbocycles. The lowest BCUT2D eigenvalue weighted by Crippen LogP contribution is -2.39. The molecule has 0 spiro atoms. The van der Waals surface area contributed by atoms with Gasteiger partial charge in [0.25, 0.3) is 0 Å². The van der Waals surface area contributed by atoms with Gasteiger partial charge in [-0.1, -0.05) is 26.0 Å². The number of amides is 2. The number of anilines is 2. The summed E-state index contributed by atoms with van der Waals surface area (Å²) in [6, 6.07) is 13.6. The number of nitrogens with zero attached hydrogens (tertiary/aromatic N) is 1. The summed E-state index contributed by atoms with van der Waals surface area (Å²) in [4.78, 5) is 39.7. The van der Waals surface area contributed by atoms with Crippen molar-refractivity contribution in [2.45, 2.75) is 45.7 Å². The minimum atomic E-state index is -0.707. The summed E-state index contributed by atoms with van der Waals surface area (Å²) in [5, 5.41) is 10.3. The van der Waals surface area contributed by atoms with E-state index in [2.05, 4.69) is 16.0 Å². The molecule has 3 N–H and O–H groups in total. The van der Waals surface area contributed by atoms with Crippen molar-refractivity contribution in [1.29, 1.82) is 0 Å². The van der Waals surface area contributed by atoms with Gasteiger partial charge in [0.1, 0.15) is 6.04 Å². The van der Waals surface area contributed by atoms with Gasteiger partial charge in [-0.25, -0.2) is 0 Å². The third-order valence-corrected chi connectivity index (χ3v) is 8.33. The fraction of sp³-hybridized carbons (Fsp3) is 0.343. The van der Waals surface area contributed by atoms with Crippen LogP contribution in [-0.2, 0) is 23.1 Å². The molecule has 0 radical (unpaired) electrons. The fourth-order valence-corrected chi connectivity index (χ4v) is 6.09. The average Bonchev–Trinajstić information content (AvgIpc) is 3.21. The Morgan fingerprint density at radius 2 is 1.71 bits per heavy atom. The molecule has 236 valence electrons. The van der Waals surface area contributed by atoms with E-state index in [0.717, 1.165) is 22.0 Å². The molecule has 10 nitrogen and oxygen atoms in total. The lowest BCUT2D eigenvalue weighted by molar-refractivity contribution is -0.120. The molecule has 45 heavy (non-hydrogen) atoms. The van der Waals surface area contributed by atoms with Gasteiger partial charge in [0.05, 0.1) is 33.1 Å². The normalized spacial score (nSPS) is 14.5. The first-order valence-corrected chi connectivity index (χ1v) is 15.0. The van der Waals surface area contributed by atoms with Crippen LogP contribution in [0.2, 0.25) is 0 Å². The lowest BCUT2D eigenvalue weighted by atomic mass is 9.95. The SMILES string of the molecule is COc1cc2c(c(OC)c1OC)-c1ccc(N[C@H](C(=O)Nc3ccc4ccn(C)c4c3)C(C)C)c(=O)cc1[C@@H](NC(C)=O)CC2. The highest BCUT2D eigenvalue weighted by atomic mass is 16.5. The summed E-state index contributed by atoms with van der Waals surface area (Å²) in [6.07, 6.45) is 3.12. The van der Waals surface area contributed by atoms with Crippen molar-refractivity contribution in [2.24, 2.45) is 13.0 Å². The Hall–Kier alpha value is -4.99. The number of carbonyl (C=O) groups excluding carboxylic acids is 2. The Kier molecular flexibility index (Phi) is 9.04. The van der Waals surface area contributed by atoms with Crippen molar-refractivity contribution in [2.75, 3.05) is 32.0 Å². The fourth-order valence-electron chi connectivity index (χ4n) is 6.09. The number of aromatic nitrogens is 1. The molecule has 0 fully saturated rings. The number of hydrogen-bond donors (Lipinski definition) is 3. The Bertz CT molecular complexity index is 1830. The van der Waals surface area contributed by atoms with Crippen molar-refractivity contribution in [3.8, 4) is 28.4 Å². The number of fused-ring (bicyclic) bond motifs is 4. The first-order valence-electron chi connectivity index (χ1n) is 15.0. The predicted molar refractivity (Wildman–Crippen MR) is 176 cm³/mol. The maximum absolute atomic E-state index is 13.8. The molecule has 5 rings (SSSR count). The highest BCUT2D eigenvalue weighted by molar-refractivity contribution is 5.98. The van der Waals surface area contributed by atoms with Crippen molar-refractivity contribution >= 4 is 34.1 Å². The van der Waals surface area contributed by atoms with Crippen LogP contribution in [0, 0.1) is 5.92 Å². The van der Waals surface area contributed by atoms with Gasteiger partial charge >= 0.3 is 0 Å². The molecule has 2 amide bonds. The van der Waals surface area contributed by atoms with Crippen LogP contribution >= 0.6 is 0 Å². The molecule has 10 heteroatoms. The largest absolute Gasteiger partial charge is 0.493 e. The van der Waals surface area contributed by atoms with Crippen LogP contribution in [0.4, 0.5) is 11.4 Å². The molecule has 0 saturated carbocycles. The second-order valence-corrected chi connectivity index (χ2v) is 11.7. The molecule has 0 bridgehead atoms. The minimum absolute atomic E-state index is 0.142. The first kappa shape index (κ1) is 31.4. The quantitative estimate of drug-likeness (QED) is 0.231. The van der Waals surface area contributed by atoms with E-state index in [1.54, 1.807) is 33.5 Å². The Morgan fingerprint density at radius 3 is 2.38 bits per heavy atom. The minimum Gasteiger partial charge on any atom is -0.493 e. The molecule has 1 aliphatic rings. The van der Waals surface area contributed by atoms with Gasteiger partial charge in [-0.2, -0.15) is 0 Å². The summed E-state index contributed by atoms with van der Waals surface area (Å²) in [6.45, 7) is 5.31. The number of carbonyl (C=O) groups is 2. The zero-order valence-corrected chi connectivity index (χ0v) is 26.7. The van der Waals surface area contributed by atoms with Gasteiger partial charge in [-0.3, -0.25) is 14.4 Å². The van der Waals surface area contributed by atoms with Gasteiger partial charge in [-0.05, 0) is 77.2 Å². The van der Waals surface area contributed by atoms with E-state index in [1.165, 1.54) is 6.92 Å². The number of benzene rings is 2. The second kappa shape index (κ2) is 12.9. The van der Waals surface area contributed by atoms with E-state index >= 15 is 0 Å². The maximum Gasteiger partial charge on any atom is 0.247 e. The van der Waals surface area contributed by atoms with Gasteiger partial charge in [0.2, 0.25) is 23.0 Å². The summed E-state index contributed by atoms with van der Waals surface area (Å²) in [5.74, 6) is 0.819. The summed E-state index contributed by atoms with van der Waals surface area (Å²) in [5.41, 5.74) is 4.67. The monoisotopic (exact) mass is 612 g/mol. The van der Waals surface area contributed by atoms with E-state index in [4.69, 9.17) is 14.2 Å². The van der Waals surface area contributed by atoms with Gasteiger partial charge in [0.15, 0.2) is 11.5 Å². The molecule has 2 atom stereocenters. The number of methoxy groups -OCH3 is 3. The third kappa shape index (κ3) is 6.18. The number of nitrogens with one attached hydrogen (secondary N) is 3. The molecule has 1 heterocycles. The molecule has 4 aromatic rings. The first-order chi connectivity index (χ1) is 21.6. The number of aryl methyl sites for hydroxylation is 2. The molecular formula is C35H40N4O6. The van der Waals surface area contributed by atoms with Crippen LogP contribution in [0.25, 0.3) is 22.0 Å². The van der Waals surface area contributed by atoms with Crippen molar-refractivity contribution in [3.63, 3.8) is 0 Å². The summed E-state index contributed by atoms with van der Waals surface area (Å²) < 4.78 is 19.1. The number of rotatable bonds is 9. The van der Waals surface area contributed by atoms with Crippen LogP contribution in [0.1, 0.15) is 44.4 Å². The van der Waals surface area contributed by atoms with Gasteiger partial charge in [0, 0.05) is 36.9 Å². The molecule has 3 aromatic carbocycles. The second-order valence-electron chi connectivity index (χ2n) is 11.7. The number of hydrogen-bond acceptors (Lipinski definition) is 7. The molecule has 0 aliphatic heterocycles. The topological polar surface area (TPSA) is 120 Å².